The lowest BCUT2D eigenvalue weighted by Gasteiger charge is -2.24. The molecule has 1 aromatic rings. The number of aliphatic carboxylic acids is 1. The van der Waals surface area contributed by atoms with Gasteiger partial charge in [0.2, 0.25) is 17.7 Å². The monoisotopic (exact) mass is 545 g/mol. The van der Waals surface area contributed by atoms with Crippen molar-refractivity contribution < 1.29 is 24.3 Å². The van der Waals surface area contributed by atoms with Crippen molar-refractivity contribution in [3.8, 4) is 0 Å². The number of aliphatic imine (C=N–C) groups is 1. The number of thioether (sulfide) groups is 1. The van der Waals surface area contributed by atoms with Crippen LogP contribution in [0.1, 0.15) is 25.0 Å². The van der Waals surface area contributed by atoms with Crippen LogP contribution in [-0.2, 0) is 25.6 Å². The van der Waals surface area contributed by atoms with Crippen LogP contribution in [0, 0.1) is 0 Å². The molecular weight excluding hydrogens is 510 g/mol. The second-order valence-corrected chi connectivity index (χ2v) is 9.17. The maximum Gasteiger partial charge on any atom is 0.326 e. The number of rotatable bonds is 17. The van der Waals surface area contributed by atoms with E-state index in [1.165, 1.54) is 24.3 Å². The van der Waals surface area contributed by atoms with Gasteiger partial charge in [0.05, 0.1) is 12.4 Å². The molecule has 0 aliphatic carbocycles. The Morgan fingerprint density at radius 3 is 2.31 bits per heavy atom. The van der Waals surface area contributed by atoms with Crippen molar-refractivity contribution >= 4 is 54.0 Å². The van der Waals surface area contributed by atoms with Crippen molar-refractivity contribution in [1.82, 2.24) is 25.9 Å². The number of H-pyrrole nitrogens is 1. The smallest absolute Gasteiger partial charge is 0.326 e. The zero-order valence-corrected chi connectivity index (χ0v) is 21.7. The van der Waals surface area contributed by atoms with Crippen LogP contribution in [0.3, 0.4) is 0 Å². The first-order valence-corrected chi connectivity index (χ1v) is 13.1. The summed E-state index contributed by atoms with van der Waals surface area (Å²) in [7, 11) is 0. The maximum atomic E-state index is 13.0. The highest BCUT2D eigenvalue weighted by Gasteiger charge is 2.29. The number of carbonyl (C=O) groups excluding carboxylic acids is 3. The van der Waals surface area contributed by atoms with Gasteiger partial charge in [-0.1, -0.05) is 0 Å². The lowest BCUT2D eigenvalue weighted by atomic mass is 10.1. The Morgan fingerprint density at radius 2 is 1.75 bits per heavy atom. The molecule has 0 bridgehead atoms. The lowest BCUT2D eigenvalue weighted by molar-refractivity contribution is -0.142. The van der Waals surface area contributed by atoms with Gasteiger partial charge in [0.25, 0.3) is 0 Å². The van der Waals surface area contributed by atoms with Crippen LogP contribution in [0.15, 0.2) is 17.5 Å². The summed E-state index contributed by atoms with van der Waals surface area (Å²) in [5.74, 6) is -2.80. The Morgan fingerprint density at radius 1 is 1.11 bits per heavy atom. The summed E-state index contributed by atoms with van der Waals surface area (Å²) in [6.45, 7) is 0.217. The lowest BCUT2D eigenvalue weighted by Crippen LogP contribution is -2.57. The summed E-state index contributed by atoms with van der Waals surface area (Å²) < 4.78 is 0. The fraction of sp³-hybridized carbons (Fsp3) is 0.600. The summed E-state index contributed by atoms with van der Waals surface area (Å²) in [5, 5.41) is 16.9. The number of nitrogens with one attached hydrogen (secondary N) is 4. The molecule has 0 aliphatic heterocycles. The Bertz CT molecular complexity index is 881. The van der Waals surface area contributed by atoms with E-state index in [0.29, 0.717) is 17.9 Å². The average molecular weight is 546 g/mol. The van der Waals surface area contributed by atoms with Crippen LogP contribution in [0.4, 0.5) is 0 Å². The van der Waals surface area contributed by atoms with E-state index < -0.39 is 47.9 Å². The van der Waals surface area contributed by atoms with E-state index in [1.807, 2.05) is 6.26 Å². The summed E-state index contributed by atoms with van der Waals surface area (Å²) in [6.07, 6.45) is 5.69. The van der Waals surface area contributed by atoms with E-state index >= 15 is 0 Å². The summed E-state index contributed by atoms with van der Waals surface area (Å²) in [4.78, 5) is 60.3. The van der Waals surface area contributed by atoms with Gasteiger partial charge in [0.15, 0.2) is 5.96 Å². The summed E-state index contributed by atoms with van der Waals surface area (Å²) in [5.41, 5.74) is 17.3. The highest BCUT2D eigenvalue weighted by atomic mass is 32.2. The van der Waals surface area contributed by atoms with Gasteiger partial charge in [-0.2, -0.15) is 24.4 Å². The van der Waals surface area contributed by atoms with Crippen LogP contribution in [-0.4, -0.2) is 93.2 Å². The maximum absolute atomic E-state index is 13.0. The minimum atomic E-state index is -1.18. The van der Waals surface area contributed by atoms with E-state index in [-0.39, 0.29) is 37.5 Å². The number of carboxylic acid groups (broad SMARTS) is 1. The summed E-state index contributed by atoms with van der Waals surface area (Å²) >= 11 is 5.56. The van der Waals surface area contributed by atoms with Crippen LogP contribution in [0.2, 0.25) is 0 Å². The molecule has 0 aliphatic rings. The quantitative estimate of drug-likeness (QED) is 0.0433. The van der Waals surface area contributed by atoms with Crippen molar-refractivity contribution in [2.24, 2.45) is 22.2 Å². The molecule has 11 N–H and O–H groups in total. The normalized spacial score (nSPS) is 14.1. The molecule has 0 aromatic carbocycles. The van der Waals surface area contributed by atoms with Crippen molar-refractivity contribution in [3.63, 3.8) is 0 Å². The molecular formula is C20H35N9O5S2. The first kappa shape index (κ1) is 31.1. The number of aromatic nitrogens is 2. The molecule has 0 radical (unpaired) electrons. The van der Waals surface area contributed by atoms with Crippen molar-refractivity contribution in [2.75, 3.05) is 24.3 Å². The molecule has 0 fully saturated rings. The van der Waals surface area contributed by atoms with Crippen LogP contribution in [0.25, 0.3) is 0 Å². The van der Waals surface area contributed by atoms with Gasteiger partial charge in [-0.05, 0) is 31.3 Å². The number of carboxylic acids is 1. The first-order valence-electron chi connectivity index (χ1n) is 11.1. The molecule has 0 saturated carbocycles. The van der Waals surface area contributed by atoms with Gasteiger partial charge in [0.1, 0.15) is 18.1 Å². The predicted octanol–water partition coefficient (Wildman–Crippen LogP) is -2.44. The van der Waals surface area contributed by atoms with Crippen LogP contribution < -0.4 is 33.2 Å². The van der Waals surface area contributed by atoms with E-state index in [0.717, 1.165) is 0 Å². The van der Waals surface area contributed by atoms with Gasteiger partial charge in [-0.25, -0.2) is 9.78 Å². The Labute approximate surface area is 218 Å². The molecule has 4 unspecified atom stereocenters. The van der Waals surface area contributed by atoms with E-state index in [2.05, 4.69) is 43.5 Å². The van der Waals surface area contributed by atoms with E-state index in [9.17, 15) is 24.3 Å². The molecule has 3 amide bonds. The van der Waals surface area contributed by atoms with Gasteiger partial charge < -0.3 is 43.2 Å². The first-order chi connectivity index (χ1) is 17.1. The minimum absolute atomic E-state index is 0.0968. The zero-order chi connectivity index (χ0) is 27.1. The van der Waals surface area contributed by atoms with Crippen LogP contribution in [0.5, 0.6) is 0 Å². The fourth-order valence-electron chi connectivity index (χ4n) is 3.01. The van der Waals surface area contributed by atoms with Gasteiger partial charge in [0, 0.05) is 30.6 Å². The van der Waals surface area contributed by atoms with Crippen molar-refractivity contribution in [3.05, 3.63) is 18.2 Å². The Balaban J connectivity index is 2.87. The molecule has 1 heterocycles. The van der Waals surface area contributed by atoms with Gasteiger partial charge in [-0.15, -0.1) is 0 Å². The summed E-state index contributed by atoms with van der Waals surface area (Å²) in [6, 6.07) is -4.26. The average Bonchev–Trinajstić information content (AvgIpc) is 3.34. The van der Waals surface area contributed by atoms with Crippen molar-refractivity contribution in [2.45, 2.75) is 49.9 Å². The van der Waals surface area contributed by atoms with Gasteiger partial charge >= 0.3 is 5.97 Å². The molecule has 202 valence electrons. The Hall–Kier alpha value is -2.98. The molecule has 4 atom stereocenters. The SMILES string of the molecule is CSCCC(NC(=O)C(CS)NC(=O)C(CCCN=C(N)N)NC(=O)C(N)Cc1cnc[nH]1)C(=O)O. The largest absolute Gasteiger partial charge is 0.480 e. The highest BCUT2D eigenvalue weighted by Crippen LogP contribution is 2.05. The van der Waals surface area contributed by atoms with E-state index in [1.54, 1.807) is 0 Å². The minimum Gasteiger partial charge on any atom is -0.480 e. The number of hydrogen-bond acceptors (Lipinski definition) is 9. The Kier molecular flexibility index (Phi) is 14.4. The molecule has 1 aromatic heterocycles. The molecule has 16 heteroatoms. The molecule has 14 nitrogen and oxygen atoms in total. The number of aromatic amines is 1. The second kappa shape index (κ2) is 16.6. The number of amides is 3. The predicted molar refractivity (Wildman–Crippen MR) is 140 cm³/mol. The molecule has 0 saturated heterocycles. The third-order valence-electron chi connectivity index (χ3n) is 4.95. The highest BCUT2D eigenvalue weighted by molar-refractivity contribution is 7.98. The topological polar surface area (TPSA) is 244 Å². The molecule has 0 spiro atoms. The standard InChI is InChI=1S/C20H35N9O5S2/c1-36-6-4-14(19(33)34)28-18(32)15(9-35)29-17(31)13(3-2-5-25-20(22)23)27-16(30)12(21)7-11-8-24-10-26-11/h8,10,12-15,35H,2-7,9,21H2,1H3,(H,24,26)(H,27,30)(H,28,32)(H,29,31)(H,33,34)(H4,22,23,25). The zero-order valence-electron chi connectivity index (χ0n) is 20.0. The number of hydrogen-bond donors (Lipinski definition) is 9. The number of imidazole rings is 1. The second-order valence-electron chi connectivity index (χ2n) is 7.82. The van der Waals surface area contributed by atoms with Crippen LogP contribution >= 0.6 is 24.4 Å². The number of nitrogens with zero attached hydrogens (tertiary/aromatic N) is 2. The molecule has 36 heavy (non-hydrogen) atoms. The molecule has 1 rings (SSSR count). The van der Waals surface area contributed by atoms with Crippen molar-refractivity contribution in [1.29, 1.82) is 0 Å². The number of nitrogens with two attached hydrogens (primary N) is 3. The van der Waals surface area contributed by atoms with E-state index in [4.69, 9.17) is 17.2 Å². The third-order valence-corrected chi connectivity index (χ3v) is 5.96. The number of thiol groups is 1. The van der Waals surface area contributed by atoms with Gasteiger partial charge in [-0.3, -0.25) is 19.4 Å². The fourth-order valence-corrected chi connectivity index (χ4v) is 3.74. The number of guanidine groups is 1. The third kappa shape index (κ3) is 11.6. The number of carbonyl (C=O) groups is 4.